The molecule has 1 aromatic carbocycles. The fourth-order valence-electron chi connectivity index (χ4n) is 2.82. The number of ether oxygens (including phenoxy) is 2. The molecule has 1 saturated heterocycles. The van der Waals surface area contributed by atoms with Crippen molar-refractivity contribution in [2.45, 2.75) is 38.4 Å². The van der Waals surface area contributed by atoms with Crippen molar-refractivity contribution in [3.63, 3.8) is 0 Å². The SMILES string of the molecule is O=C(CCC1CCCO1)Nc1ccc(OC(F)F)c2ncccc12. The first-order valence-electron chi connectivity index (χ1n) is 7.87. The number of anilines is 1. The maximum atomic E-state index is 12.5. The second kappa shape index (κ2) is 7.53. The highest BCUT2D eigenvalue weighted by molar-refractivity contribution is 6.02. The van der Waals surface area contributed by atoms with E-state index in [9.17, 15) is 13.6 Å². The third-order valence-electron chi connectivity index (χ3n) is 3.94. The molecule has 0 aliphatic carbocycles. The lowest BCUT2D eigenvalue weighted by Gasteiger charge is -2.13. The van der Waals surface area contributed by atoms with Gasteiger partial charge in [0.25, 0.3) is 0 Å². The molecule has 0 radical (unpaired) electrons. The zero-order valence-electron chi connectivity index (χ0n) is 13.0. The Bertz CT molecular complexity index is 718. The Morgan fingerprint density at radius 2 is 2.29 bits per heavy atom. The van der Waals surface area contributed by atoms with Gasteiger partial charge >= 0.3 is 6.61 Å². The lowest BCUT2D eigenvalue weighted by molar-refractivity contribution is -0.116. The summed E-state index contributed by atoms with van der Waals surface area (Å²) in [6.45, 7) is -2.17. The summed E-state index contributed by atoms with van der Waals surface area (Å²) < 4.78 is 34.9. The number of rotatable bonds is 6. The predicted molar refractivity (Wildman–Crippen MR) is 85.2 cm³/mol. The molecule has 1 fully saturated rings. The highest BCUT2D eigenvalue weighted by atomic mass is 19.3. The number of hydrogen-bond acceptors (Lipinski definition) is 4. The van der Waals surface area contributed by atoms with Crippen molar-refractivity contribution in [2.75, 3.05) is 11.9 Å². The van der Waals surface area contributed by atoms with E-state index in [4.69, 9.17) is 4.74 Å². The van der Waals surface area contributed by atoms with E-state index in [1.54, 1.807) is 18.2 Å². The van der Waals surface area contributed by atoms with E-state index in [1.807, 2.05) is 0 Å². The number of nitrogens with one attached hydrogen (secondary N) is 1. The van der Waals surface area contributed by atoms with E-state index in [0.29, 0.717) is 23.9 Å². The fourth-order valence-corrected chi connectivity index (χ4v) is 2.82. The molecule has 2 heterocycles. The Kier molecular flexibility index (Phi) is 5.20. The fraction of sp³-hybridized carbons (Fsp3) is 0.412. The number of carbonyl (C=O) groups excluding carboxylic acids is 1. The molecule has 128 valence electrons. The maximum Gasteiger partial charge on any atom is 0.387 e. The van der Waals surface area contributed by atoms with Crippen molar-refractivity contribution in [3.05, 3.63) is 30.5 Å². The Balaban J connectivity index is 1.73. The number of amides is 1. The number of nitrogens with zero attached hydrogens (tertiary/aromatic N) is 1. The van der Waals surface area contributed by atoms with Crippen LogP contribution in [-0.2, 0) is 9.53 Å². The van der Waals surface area contributed by atoms with Crippen LogP contribution >= 0.6 is 0 Å². The monoisotopic (exact) mass is 336 g/mol. The van der Waals surface area contributed by atoms with Gasteiger partial charge in [0.1, 0.15) is 5.52 Å². The number of halogens is 2. The molecule has 0 saturated carbocycles. The first-order chi connectivity index (χ1) is 11.6. The number of alkyl halides is 2. The van der Waals surface area contributed by atoms with Crippen LogP contribution in [0.5, 0.6) is 5.75 Å². The van der Waals surface area contributed by atoms with Crippen molar-refractivity contribution < 1.29 is 23.0 Å². The molecular weight excluding hydrogens is 318 g/mol. The van der Waals surface area contributed by atoms with Crippen LogP contribution in [-0.4, -0.2) is 30.2 Å². The Morgan fingerprint density at radius 3 is 3.04 bits per heavy atom. The average molecular weight is 336 g/mol. The van der Waals surface area contributed by atoms with Gasteiger partial charge < -0.3 is 14.8 Å². The van der Waals surface area contributed by atoms with Gasteiger partial charge in [-0.1, -0.05) is 0 Å². The van der Waals surface area contributed by atoms with E-state index < -0.39 is 6.61 Å². The van der Waals surface area contributed by atoms with E-state index >= 15 is 0 Å². The van der Waals surface area contributed by atoms with Crippen molar-refractivity contribution >= 4 is 22.5 Å². The van der Waals surface area contributed by atoms with Crippen molar-refractivity contribution in [1.29, 1.82) is 0 Å². The third kappa shape index (κ3) is 3.97. The summed E-state index contributed by atoms with van der Waals surface area (Å²) in [5.74, 6) is -0.156. The van der Waals surface area contributed by atoms with Crippen LogP contribution in [0.4, 0.5) is 14.5 Å². The summed E-state index contributed by atoms with van der Waals surface area (Å²) in [6.07, 6.45) is 4.68. The van der Waals surface area contributed by atoms with Crippen LogP contribution in [0.2, 0.25) is 0 Å². The average Bonchev–Trinajstić information content (AvgIpc) is 3.08. The molecule has 1 atom stereocenters. The smallest absolute Gasteiger partial charge is 0.387 e. The number of hydrogen-bond donors (Lipinski definition) is 1. The maximum absolute atomic E-state index is 12.5. The summed E-state index contributed by atoms with van der Waals surface area (Å²) in [5.41, 5.74) is 0.812. The van der Waals surface area contributed by atoms with E-state index in [2.05, 4.69) is 15.0 Å². The lowest BCUT2D eigenvalue weighted by atomic mass is 10.1. The molecule has 1 N–H and O–H groups in total. The highest BCUT2D eigenvalue weighted by Crippen LogP contribution is 2.31. The standard InChI is InChI=1S/C17H18F2N2O3/c18-17(19)24-14-7-6-13(12-4-1-9-20-16(12)14)21-15(22)8-5-11-3-2-10-23-11/h1,4,6-7,9,11,17H,2-3,5,8,10H2,(H,21,22). The summed E-state index contributed by atoms with van der Waals surface area (Å²) >= 11 is 0. The van der Waals surface area contributed by atoms with Gasteiger partial charge in [0.05, 0.1) is 11.8 Å². The molecule has 0 spiro atoms. The summed E-state index contributed by atoms with van der Waals surface area (Å²) in [6, 6.07) is 6.32. The number of carbonyl (C=O) groups is 1. The highest BCUT2D eigenvalue weighted by Gasteiger charge is 2.18. The van der Waals surface area contributed by atoms with Gasteiger partial charge in [-0.05, 0) is 43.5 Å². The molecule has 5 nitrogen and oxygen atoms in total. The Hall–Kier alpha value is -2.28. The molecule has 1 aromatic heterocycles. The van der Waals surface area contributed by atoms with Crippen LogP contribution in [0, 0.1) is 0 Å². The number of aromatic nitrogens is 1. The van der Waals surface area contributed by atoms with Gasteiger partial charge in [0.2, 0.25) is 5.91 Å². The van der Waals surface area contributed by atoms with Crippen LogP contribution in [0.1, 0.15) is 25.7 Å². The minimum Gasteiger partial charge on any atom is -0.432 e. The van der Waals surface area contributed by atoms with Crippen molar-refractivity contribution in [2.24, 2.45) is 0 Å². The summed E-state index contributed by atoms with van der Waals surface area (Å²) in [7, 11) is 0. The minimum atomic E-state index is -2.93. The largest absolute Gasteiger partial charge is 0.432 e. The van der Waals surface area contributed by atoms with Crippen LogP contribution < -0.4 is 10.1 Å². The second-order valence-electron chi connectivity index (χ2n) is 5.61. The number of fused-ring (bicyclic) bond motifs is 1. The molecule has 1 unspecified atom stereocenters. The van der Waals surface area contributed by atoms with Gasteiger partial charge in [-0.2, -0.15) is 8.78 Å². The lowest BCUT2D eigenvalue weighted by Crippen LogP contribution is -2.15. The van der Waals surface area contributed by atoms with Crippen LogP contribution in [0.15, 0.2) is 30.5 Å². The van der Waals surface area contributed by atoms with Gasteiger partial charge in [-0.15, -0.1) is 0 Å². The Morgan fingerprint density at radius 1 is 1.42 bits per heavy atom. The zero-order chi connectivity index (χ0) is 16.9. The molecule has 7 heteroatoms. The third-order valence-corrected chi connectivity index (χ3v) is 3.94. The van der Waals surface area contributed by atoms with E-state index in [0.717, 1.165) is 19.4 Å². The molecule has 24 heavy (non-hydrogen) atoms. The van der Waals surface area contributed by atoms with Crippen molar-refractivity contribution in [3.8, 4) is 5.75 Å². The molecule has 0 bridgehead atoms. The molecule has 2 aromatic rings. The van der Waals surface area contributed by atoms with Gasteiger partial charge in [0.15, 0.2) is 5.75 Å². The molecule has 1 aliphatic heterocycles. The predicted octanol–water partition coefficient (Wildman–Crippen LogP) is 3.73. The normalized spacial score (nSPS) is 17.4. The summed E-state index contributed by atoms with van der Waals surface area (Å²) in [5, 5.41) is 3.37. The molecule has 1 amide bonds. The number of pyridine rings is 1. The van der Waals surface area contributed by atoms with Gasteiger partial charge in [-0.25, -0.2) is 0 Å². The molecular formula is C17H18F2N2O3. The van der Waals surface area contributed by atoms with Crippen molar-refractivity contribution in [1.82, 2.24) is 4.98 Å². The first-order valence-corrected chi connectivity index (χ1v) is 7.87. The minimum absolute atomic E-state index is 0.0158. The summed E-state index contributed by atoms with van der Waals surface area (Å²) in [4.78, 5) is 16.2. The van der Waals surface area contributed by atoms with Crippen LogP contribution in [0.25, 0.3) is 10.9 Å². The Labute approximate surface area is 138 Å². The second-order valence-corrected chi connectivity index (χ2v) is 5.61. The van der Waals surface area contributed by atoms with E-state index in [1.165, 1.54) is 12.3 Å². The zero-order valence-corrected chi connectivity index (χ0v) is 13.0. The van der Waals surface area contributed by atoms with E-state index in [-0.39, 0.29) is 23.3 Å². The van der Waals surface area contributed by atoms with Gasteiger partial charge in [-0.3, -0.25) is 9.78 Å². The quantitative estimate of drug-likeness (QED) is 0.873. The number of benzene rings is 1. The van der Waals surface area contributed by atoms with Crippen LogP contribution in [0.3, 0.4) is 0 Å². The first kappa shape index (κ1) is 16.6. The van der Waals surface area contributed by atoms with Gasteiger partial charge in [0, 0.05) is 24.6 Å². The topological polar surface area (TPSA) is 60.5 Å². The molecule has 3 rings (SSSR count). The molecule has 1 aliphatic rings.